The minimum Gasteiger partial charge on any atom is -0.318 e. The van der Waals surface area contributed by atoms with E-state index in [1.807, 2.05) is 0 Å². The number of benzene rings is 1. The van der Waals surface area contributed by atoms with E-state index in [4.69, 9.17) is 5.73 Å². The highest BCUT2D eigenvalue weighted by Crippen LogP contribution is 2.32. The lowest BCUT2D eigenvalue weighted by Gasteiger charge is -2.12. The van der Waals surface area contributed by atoms with Crippen LogP contribution < -0.4 is 5.73 Å². The topological polar surface area (TPSA) is 67.6 Å². The number of nitrogens with zero attached hydrogens (tertiary/aromatic N) is 2. The Hall–Kier alpha value is -1.96. The minimum atomic E-state index is -4.72. The fourth-order valence-corrected chi connectivity index (χ4v) is 1.48. The van der Waals surface area contributed by atoms with Crippen molar-refractivity contribution in [2.75, 3.05) is 0 Å². The first-order chi connectivity index (χ1) is 8.39. The smallest absolute Gasteiger partial charge is 0.318 e. The summed E-state index contributed by atoms with van der Waals surface area (Å²) < 4.78 is 50.4. The van der Waals surface area contributed by atoms with Crippen LogP contribution in [0, 0.1) is 5.82 Å². The molecule has 0 aliphatic carbocycles. The standard InChI is InChI=1S/C10H8F4N4/c11-7-3-5(1-2-6(7)10(12,13)14)8(15)9-16-4-17-18-9/h1-4,8H,15H2,(H,16,17,18). The van der Waals surface area contributed by atoms with Gasteiger partial charge in [-0.2, -0.15) is 18.3 Å². The van der Waals surface area contributed by atoms with Gasteiger partial charge in [0.15, 0.2) is 0 Å². The molecule has 0 aliphatic rings. The number of nitrogens with two attached hydrogens (primary N) is 1. The largest absolute Gasteiger partial charge is 0.419 e. The number of halogens is 4. The van der Waals surface area contributed by atoms with Gasteiger partial charge in [0.1, 0.15) is 18.0 Å². The number of aromatic amines is 1. The van der Waals surface area contributed by atoms with Crippen LogP contribution in [0.1, 0.15) is 23.0 Å². The Balaban J connectivity index is 2.35. The molecule has 0 fully saturated rings. The minimum absolute atomic E-state index is 0.178. The summed E-state index contributed by atoms with van der Waals surface area (Å²) in [6, 6.07) is 1.65. The Morgan fingerprint density at radius 1 is 1.28 bits per heavy atom. The number of hydrogen-bond acceptors (Lipinski definition) is 3. The van der Waals surface area contributed by atoms with Crippen molar-refractivity contribution in [3.8, 4) is 0 Å². The molecule has 1 aromatic carbocycles. The lowest BCUT2D eigenvalue weighted by Crippen LogP contribution is -2.15. The van der Waals surface area contributed by atoms with Crippen LogP contribution in [0.2, 0.25) is 0 Å². The molecule has 96 valence electrons. The van der Waals surface area contributed by atoms with E-state index in [1.165, 1.54) is 6.33 Å². The third-order valence-electron chi connectivity index (χ3n) is 2.39. The molecule has 3 N–H and O–H groups in total. The number of alkyl halides is 3. The first-order valence-electron chi connectivity index (χ1n) is 4.87. The molecule has 1 unspecified atom stereocenters. The van der Waals surface area contributed by atoms with Crippen LogP contribution in [0.3, 0.4) is 0 Å². The van der Waals surface area contributed by atoms with Crippen molar-refractivity contribution in [1.82, 2.24) is 15.2 Å². The van der Waals surface area contributed by atoms with Crippen molar-refractivity contribution in [3.05, 3.63) is 47.3 Å². The van der Waals surface area contributed by atoms with Crippen LogP contribution in [-0.2, 0) is 6.18 Å². The predicted octanol–water partition coefficient (Wildman–Crippen LogP) is 2.01. The average molecular weight is 260 g/mol. The molecule has 0 radical (unpaired) electrons. The van der Waals surface area contributed by atoms with Gasteiger partial charge < -0.3 is 5.73 Å². The maximum Gasteiger partial charge on any atom is 0.419 e. The maximum absolute atomic E-state index is 13.3. The first kappa shape index (κ1) is 12.5. The van der Waals surface area contributed by atoms with Gasteiger partial charge in [-0.25, -0.2) is 9.37 Å². The van der Waals surface area contributed by atoms with Crippen molar-refractivity contribution in [2.45, 2.75) is 12.2 Å². The van der Waals surface area contributed by atoms with E-state index in [0.717, 1.165) is 12.1 Å². The summed E-state index contributed by atoms with van der Waals surface area (Å²) in [5.74, 6) is -1.12. The molecule has 0 aliphatic heterocycles. The monoisotopic (exact) mass is 260 g/mol. The van der Waals surface area contributed by atoms with Crippen LogP contribution in [-0.4, -0.2) is 15.2 Å². The van der Waals surface area contributed by atoms with Gasteiger partial charge in [-0.1, -0.05) is 6.07 Å². The molecule has 0 saturated carbocycles. The molecule has 1 heterocycles. The Kier molecular flexibility index (Phi) is 3.04. The zero-order chi connectivity index (χ0) is 13.3. The molecule has 4 nitrogen and oxygen atoms in total. The van der Waals surface area contributed by atoms with Crippen molar-refractivity contribution in [1.29, 1.82) is 0 Å². The zero-order valence-corrected chi connectivity index (χ0v) is 8.87. The van der Waals surface area contributed by atoms with Gasteiger partial charge in [0.25, 0.3) is 0 Å². The Labute approximate surface area is 98.8 Å². The maximum atomic E-state index is 13.3. The van der Waals surface area contributed by atoms with E-state index in [2.05, 4.69) is 15.2 Å². The summed E-state index contributed by atoms with van der Waals surface area (Å²) >= 11 is 0. The fraction of sp³-hybridized carbons (Fsp3) is 0.200. The van der Waals surface area contributed by atoms with Gasteiger partial charge in [-0.15, -0.1) is 0 Å². The second-order valence-electron chi connectivity index (χ2n) is 3.59. The molecular weight excluding hydrogens is 252 g/mol. The van der Waals surface area contributed by atoms with Crippen molar-refractivity contribution in [2.24, 2.45) is 5.73 Å². The zero-order valence-electron chi connectivity index (χ0n) is 8.87. The SMILES string of the molecule is NC(c1ccc(C(F)(F)F)c(F)c1)c1ncn[nH]1. The summed E-state index contributed by atoms with van der Waals surface area (Å²) in [6.45, 7) is 0. The van der Waals surface area contributed by atoms with Crippen molar-refractivity contribution >= 4 is 0 Å². The molecular formula is C10H8F4N4. The summed E-state index contributed by atoms with van der Waals surface area (Å²) in [5.41, 5.74) is 4.56. The average Bonchev–Trinajstić information content (AvgIpc) is 2.79. The Morgan fingerprint density at radius 3 is 2.50 bits per heavy atom. The van der Waals surface area contributed by atoms with Gasteiger partial charge in [0.2, 0.25) is 0 Å². The van der Waals surface area contributed by atoms with Gasteiger partial charge in [0, 0.05) is 0 Å². The van der Waals surface area contributed by atoms with E-state index in [0.29, 0.717) is 6.07 Å². The van der Waals surface area contributed by atoms with Crippen LogP contribution in [0.25, 0.3) is 0 Å². The number of nitrogens with one attached hydrogen (secondary N) is 1. The van der Waals surface area contributed by atoms with Crippen LogP contribution in [0.4, 0.5) is 17.6 Å². The van der Waals surface area contributed by atoms with Gasteiger partial charge in [-0.05, 0) is 17.7 Å². The van der Waals surface area contributed by atoms with E-state index < -0.39 is 23.6 Å². The third-order valence-corrected chi connectivity index (χ3v) is 2.39. The highest BCUT2D eigenvalue weighted by atomic mass is 19.4. The summed E-state index contributed by atoms with van der Waals surface area (Å²) in [7, 11) is 0. The quantitative estimate of drug-likeness (QED) is 0.811. The first-order valence-corrected chi connectivity index (χ1v) is 4.87. The van der Waals surface area contributed by atoms with Crippen molar-refractivity contribution in [3.63, 3.8) is 0 Å². The molecule has 8 heteroatoms. The molecule has 2 rings (SSSR count). The van der Waals surface area contributed by atoms with Gasteiger partial charge >= 0.3 is 6.18 Å². The second-order valence-corrected chi connectivity index (χ2v) is 3.59. The second kappa shape index (κ2) is 4.37. The predicted molar refractivity (Wildman–Crippen MR) is 53.8 cm³/mol. The molecule has 0 spiro atoms. The van der Waals surface area contributed by atoms with E-state index in [1.54, 1.807) is 0 Å². The third kappa shape index (κ3) is 2.33. The van der Waals surface area contributed by atoms with Crippen molar-refractivity contribution < 1.29 is 17.6 Å². The highest BCUT2D eigenvalue weighted by Gasteiger charge is 2.34. The molecule has 0 amide bonds. The molecule has 2 aromatic rings. The highest BCUT2D eigenvalue weighted by molar-refractivity contribution is 5.30. The number of aromatic nitrogens is 3. The molecule has 0 saturated heterocycles. The van der Waals surface area contributed by atoms with Crippen LogP contribution >= 0.6 is 0 Å². The number of rotatable bonds is 2. The normalized spacial score (nSPS) is 13.6. The summed E-state index contributed by atoms with van der Waals surface area (Å²) in [5, 5.41) is 6.03. The summed E-state index contributed by atoms with van der Waals surface area (Å²) in [4.78, 5) is 3.76. The number of hydrogen-bond donors (Lipinski definition) is 2. The van der Waals surface area contributed by atoms with Crippen LogP contribution in [0.5, 0.6) is 0 Å². The molecule has 18 heavy (non-hydrogen) atoms. The van der Waals surface area contributed by atoms with Crippen LogP contribution in [0.15, 0.2) is 24.5 Å². The Bertz CT molecular complexity index is 535. The van der Waals surface area contributed by atoms with Gasteiger partial charge in [-0.3, -0.25) is 5.10 Å². The Morgan fingerprint density at radius 2 is 2.00 bits per heavy atom. The van der Waals surface area contributed by atoms with E-state index >= 15 is 0 Å². The molecule has 1 atom stereocenters. The van der Waals surface area contributed by atoms with E-state index in [9.17, 15) is 17.6 Å². The molecule has 0 bridgehead atoms. The van der Waals surface area contributed by atoms with E-state index in [-0.39, 0.29) is 11.4 Å². The lowest BCUT2D eigenvalue weighted by molar-refractivity contribution is -0.140. The number of H-pyrrole nitrogens is 1. The summed E-state index contributed by atoms with van der Waals surface area (Å²) in [6.07, 6.45) is -3.52. The lowest BCUT2D eigenvalue weighted by atomic mass is 10.0. The fourth-order valence-electron chi connectivity index (χ4n) is 1.48. The molecule has 1 aromatic heterocycles. The van der Waals surface area contributed by atoms with Gasteiger partial charge in [0.05, 0.1) is 11.6 Å².